The van der Waals surface area contributed by atoms with E-state index in [1.54, 1.807) is 0 Å². The van der Waals surface area contributed by atoms with E-state index in [9.17, 15) is 4.79 Å². The predicted octanol–water partition coefficient (Wildman–Crippen LogP) is 5.71. The highest BCUT2D eigenvalue weighted by molar-refractivity contribution is 5.91. The zero-order valence-electron chi connectivity index (χ0n) is 19.4. The number of carbonyl (C=O) groups is 1. The van der Waals surface area contributed by atoms with Gasteiger partial charge in [-0.3, -0.25) is 4.79 Å². The number of rotatable bonds is 8. The Morgan fingerprint density at radius 3 is 2.16 bits per heavy atom. The van der Waals surface area contributed by atoms with Crippen LogP contribution in [0.25, 0.3) is 0 Å². The Hall–Kier alpha value is -2.33. The van der Waals surface area contributed by atoms with E-state index in [4.69, 9.17) is 4.74 Å². The lowest BCUT2D eigenvalue weighted by Crippen LogP contribution is -2.54. The number of hydrogen-bond donors (Lipinski definition) is 2. The third kappa shape index (κ3) is 4.71. The first kappa shape index (κ1) is 21.5. The summed E-state index contributed by atoms with van der Waals surface area (Å²) < 4.78 is 5.68. The van der Waals surface area contributed by atoms with Crippen molar-refractivity contribution >= 4 is 11.6 Å². The molecular weight excluding hydrogens is 396 g/mol. The van der Waals surface area contributed by atoms with Crippen LogP contribution in [-0.4, -0.2) is 18.6 Å². The van der Waals surface area contributed by atoms with Crippen LogP contribution in [0.3, 0.4) is 0 Å². The zero-order valence-corrected chi connectivity index (χ0v) is 19.4. The summed E-state index contributed by atoms with van der Waals surface area (Å²) in [6.45, 7) is 5.33. The minimum atomic E-state index is -0.149. The molecule has 1 atom stereocenters. The summed E-state index contributed by atoms with van der Waals surface area (Å²) in [6, 6.07) is 16.5. The second-order valence-electron chi connectivity index (χ2n) is 10.7. The van der Waals surface area contributed by atoms with Gasteiger partial charge in [-0.25, -0.2) is 0 Å². The first-order valence-corrected chi connectivity index (χ1v) is 12.3. The number of ether oxygens (including phenoxy) is 1. The van der Waals surface area contributed by atoms with Crippen LogP contribution in [0.4, 0.5) is 5.69 Å². The number of aryl methyl sites for hydroxylation is 1. The number of nitrogens with one attached hydrogen (secondary N) is 2. The van der Waals surface area contributed by atoms with Gasteiger partial charge in [0.15, 0.2) is 6.61 Å². The third-order valence-corrected chi connectivity index (χ3v) is 8.25. The van der Waals surface area contributed by atoms with E-state index in [-0.39, 0.29) is 12.5 Å². The third-order valence-electron chi connectivity index (χ3n) is 8.25. The van der Waals surface area contributed by atoms with Gasteiger partial charge in [-0.2, -0.15) is 0 Å². The number of carbonyl (C=O) groups excluding carboxylic acids is 1. The molecule has 0 heterocycles. The smallest absolute Gasteiger partial charge is 0.262 e. The molecule has 0 aromatic heterocycles. The summed E-state index contributed by atoms with van der Waals surface area (Å²) in [7, 11) is 0. The topological polar surface area (TPSA) is 50.4 Å². The zero-order chi connectivity index (χ0) is 22.1. The van der Waals surface area contributed by atoms with Crippen LogP contribution in [-0.2, 0) is 11.3 Å². The fourth-order valence-corrected chi connectivity index (χ4v) is 6.88. The molecule has 0 spiro atoms. The van der Waals surface area contributed by atoms with Gasteiger partial charge in [-0.15, -0.1) is 0 Å². The van der Waals surface area contributed by atoms with Gasteiger partial charge in [0.05, 0.1) is 0 Å². The van der Waals surface area contributed by atoms with Crippen LogP contribution in [0.5, 0.6) is 5.75 Å². The Labute approximate surface area is 192 Å². The maximum atomic E-state index is 12.1. The Morgan fingerprint density at radius 2 is 1.56 bits per heavy atom. The molecule has 0 aliphatic heterocycles. The molecule has 0 radical (unpaired) electrons. The first-order valence-electron chi connectivity index (χ1n) is 12.3. The van der Waals surface area contributed by atoms with Crippen molar-refractivity contribution in [2.45, 2.75) is 65.0 Å². The molecule has 4 saturated carbocycles. The lowest BCUT2D eigenvalue weighted by atomic mass is 9.48. The lowest BCUT2D eigenvalue weighted by molar-refractivity contribution is -0.118. The van der Waals surface area contributed by atoms with E-state index in [0.717, 1.165) is 35.7 Å². The van der Waals surface area contributed by atoms with Crippen LogP contribution >= 0.6 is 0 Å². The molecule has 2 aromatic rings. The molecule has 4 fully saturated rings. The van der Waals surface area contributed by atoms with Crippen LogP contribution in [0.2, 0.25) is 0 Å². The van der Waals surface area contributed by atoms with Gasteiger partial charge < -0.3 is 15.4 Å². The summed E-state index contributed by atoms with van der Waals surface area (Å²) in [5, 5.41) is 6.72. The molecule has 1 amide bonds. The Morgan fingerprint density at radius 1 is 0.969 bits per heavy atom. The second-order valence-corrected chi connectivity index (χ2v) is 10.7. The fourth-order valence-electron chi connectivity index (χ4n) is 6.88. The minimum absolute atomic E-state index is 0.00846. The second kappa shape index (κ2) is 8.90. The van der Waals surface area contributed by atoms with Gasteiger partial charge in [0.1, 0.15) is 5.75 Å². The van der Waals surface area contributed by atoms with E-state index in [2.05, 4.69) is 29.7 Å². The van der Waals surface area contributed by atoms with Gasteiger partial charge in [0.2, 0.25) is 0 Å². The van der Waals surface area contributed by atoms with Crippen LogP contribution in [0.15, 0.2) is 48.5 Å². The average Bonchev–Trinajstić information content (AvgIpc) is 2.77. The monoisotopic (exact) mass is 432 g/mol. The van der Waals surface area contributed by atoms with Crippen molar-refractivity contribution in [2.75, 3.05) is 11.9 Å². The van der Waals surface area contributed by atoms with E-state index in [0.29, 0.717) is 11.5 Å². The highest BCUT2D eigenvalue weighted by atomic mass is 16.5. The van der Waals surface area contributed by atoms with E-state index >= 15 is 0 Å². The molecule has 1 unspecified atom stereocenters. The van der Waals surface area contributed by atoms with Crippen molar-refractivity contribution in [3.05, 3.63) is 59.7 Å². The molecule has 2 N–H and O–H groups in total. The fraction of sp³-hybridized carbons (Fsp3) is 0.536. The quantitative estimate of drug-likeness (QED) is 0.562. The maximum Gasteiger partial charge on any atom is 0.262 e. The Kier molecular flexibility index (Phi) is 5.98. The summed E-state index contributed by atoms with van der Waals surface area (Å²) in [5.74, 6) is 3.55. The molecule has 4 bridgehead atoms. The molecule has 4 nitrogen and oxygen atoms in total. The molecule has 0 saturated heterocycles. The number of anilines is 1. The largest absolute Gasteiger partial charge is 0.484 e. The summed E-state index contributed by atoms with van der Waals surface area (Å²) in [6.07, 6.45) is 8.79. The van der Waals surface area contributed by atoms with Gasteiger partial charge in [-0.1, -0.05) is 29.8 Å². The summed E-state index contributed by atoms with van der Waals surface area (Å²) in [4.78, 5) is 12.1. The Balaban J connectivity index is 1.09. The van der Waals surface area contributed by atoms with E-state index in [1.807, 2.05) is 43.3 Å². The van der Waals surface area contributed by atoms with Gasteiger partial charge in [0, 0.05) is 18.3 Å². The lowest BCUT2D eigenvalue weighted by Gasteiger charge is -2.59. The SMILES string of the molecule is Cc1ccc(NC(=O)COc2ccc(CNC(C)C34CC5CC(CC(C5)C3)C4)cc2)cc1. The van der Waals surface area contributed by atoms with E-state index < -0.39 is 0 Å². The van der Waals surface area contributed by atoms with Gasteiger partial charge in [0.25, 0.3) is 5.91 Å². The van der Waals surface area contributed by atoms with Gasteiger partial charge in [-0.05, 0) is 105 Å². The standard InChI is InChI=1S/C28H36N2O2/c1-19-3-7-25(8-4-19)30-27(31)18-32-26-9-5-21(6-10-26)17-29-20(2)28-14-22-11-23(15-28)13-24(12-22)16-28/h3-10,20,22-24,29H,11-18H2,1-2H3,(H,30,31). The van der Waals surface area contributed by atoms with Crippen LogP contribution in [0, 0.1) is 30.1 Å². The number of amides is 1. The van der Waals surface area contributed by atoms with Crippen molar-refractivity contribution in [1.82, 2.24) is 5.32 Å². The van der Waals surface area contributed by atoms with Crippen molar-refractivity contribution in [3.8, 4) is 5.75 Å². The van der Waals surface area contributed by atoms with Crippen LogP contribution < -0.4 is 15.4 Å². The molecule has 6 rings (SSSR count). The Bertz CT molecular complexity index is 900. The van der Waals surface area contributed by atoms with Crippen molar-refractivity contribution in [3.63, 3.8) is 0 Å². The highest BCUT2D eigenvalue weighted by Gasteiger charge is 2.52. The number of hydrogen-bond acceptors (Lipinski definition) is 3. The van der Waals surface area contributed by atoms with Crippen molar-refractivity contribution < 1.29 is 9.53 Å². The van der Waals surface area contributed by atoms with Crippen molar-refractivity contribution in [2.24, 2.45) is 23.2 Å². The van der Waals surface area contributed by atoms with Gasteiger partial charge >= 0.3 is 0 Å². The predicted molar refractivity (Wildman–Crippen MR) is 129 cm³/mol. The molecule has 4 aliphatic rings. The average molecular weight is 433 g/mol. The minimum Gasteiger partial charge on any atom is -0.484 e. The highest BCUT2D eigenvalue weighted by Crippen LogP contribution is 2.61. The van der Waals surface area contributed by atoms with Crippen LogP contribution in [0.1, 0.15) is 56.6 Å². The maximum absolute atomic E-state index is 12.1. The molecule has 32 heavy (non-hydrogen) atoms. The van der Waals surface area contributed by atoms with Crippen molar-refractivity contribution in [1.29, 1.82) is 0 Å². The normalized spacial score (nSPS) is 29.0. The summed E-state index contributed by atoms with van der Waals surface area (Å²) in [5.41, 5.74) is 3.75. The first-order chi connectivity index (χ1) is 15.5. The molecule has 170 valence electrons. The number of benzene rings is 2. The molecular formula is C28H36N2O2. The molecule has 4 heteroatoms. The molecule has 2 aromatic carbocycles. The summed E-state index contributed by atoms with van der Waals surface area (Å²) >= 11 is 0. The molecule has 4 aliphatic carbocycles. The van der Waals surface area contributed by atoms with E-state index in [1.165, 1.54) is 49.7 Å².